The molecular formula is C20H22ClN3O. The summed E-state index contributed by atoms with van der Waals surface area (Å²) in [6.45, 7) is 2.47. The molecule has 1 heterocycles. The fraction of sp³-hybridized carbons (Fsp3) is 0.250. The molecule has 1 amide bonds. The summed E-state index contributed by atoms with van der Waals surface area (Å²) in [7, 11) is 3.84. The Morgan fingerprint density at radius 2 is 1.96 bits per heavy atom. The van der Waals surface area contributed by atoms with Gasteiger partial charge in [-0.2, -0.15) is 0 Å². The van der Waals surface area contributed by atoms with Crippen LogP contribution in [0.25, 0.3) is 10.9 Å². The number of nitrogens with zero attached hydrogens (tertiary/aromatic N) is 1. The van der Waals surface area contributed by atoms with E-state index in [0.717, 1.165) is 27.7 Å². The van der Waals surface area contributed by atoms with Crippen LogP contribution >= 0.6 is 11.6 Å². The van der Waals surface area contributed by atoms with Crippen molar-refractivity contribution in [2.45, 2.75) is 19.5 Å². The zero-order chi connectivity index (χ0) is 18.0. The molecule has 0 unspecified atom stereocenters. The maximum Gasteiger partial charge on any atom is 0.242 e. The van der Waals surface area contributed by atoms with E-state index < -0.39 is 0 Å². The van der Waals surface area contributed by atoms with Crippen molar-refractivity contribution in [2.75, 3.05) is 14.1 Å². The molecule has 2 N–H and O–H groups in total. The van der Waals surface area contributed by atoms with Gasteiger partial charge in [0.05, 0.1) is 6.54 Å². The van der Waals surface area contributed by atoms with Crippen molar-refractivity contribution in [1.82, 2.24) is 15.2 Å². The Morgan fingerprint density at radius 1 is 1.20 bits per heavy atom. The molecule has 3 rings (SSSR count). The second-order valence-electron chi connectivity index (χ2n) is 6.47. The van der Waals surface area contributed by atoms with Crippen molar-refractivity contribution in [3.05, 3.63) is 70.4 Å². The van der Waals surface area contributed by atoms with Crippen LogP contribution in [0.15, 0.2) is 48.5 Å². The first-order valence-electron chi connectivity index (χ1n) is 8.22. The summed E-state index contributed by atoms with van der Waals surface area (Å²) in [4.78, 5) is 18.0. The molecule has 25 heavy (non-hydrogen) atoms. The quantitative estimate of drug-likeness (QED) is 0.725. The Kier molecular flexibility index (Phi) is 5.11. The summed E-state index contributed by atoms with van der Waals surface area (Å²) in [5.41, 5.74) is 4.09. The second kappa shape index (κ2) is 7.30. The molecule has 1 aromatic heterocycles. The molecule has 4 nitrogen and oxygen atoms in total. The maximum atomic E-state index is 12.8. The van der Waals surface area contributed by atoms with Gasteiger partial charge in [-0.15, -0.1) is 0 Å². The highest BCUT2D eigenvalue weighted by Gasteiger charge is 2.24. The van der Waals surface area contributed by atoms with Gasteiger partial charge in [0, 0.05) is 21.6 Å². The minimum atomic E-state index is -0.319. The summed E-state index contributed by atoms with van der Waals surface area (Å²) in [6.07, 6.45) is 0. The summed E-state index contributed by atoms with van der Waals surface area (Å²) in [6, 6.07) is 15.4. The Labute approximate surface area is 152 Å². The molecule has 2 aromatic carbocycles. The normalized spacial score (nSPS) is 12.5. The number of likely N-dealkylation sites (N-methyl/N-ethyl adjacent to an activating group) is 1. The van der Waals surface area contributed by atoms with Crippen LogP contribution in [0.5, 0.6) is 0 Å². The van der Waals surface area contributed by atoms with E-state index in [1.54, 1.807) is 0 Å². The highest BCUT2D eigenvalue weighted by molar-refractivity contribution is 6.31. The number of H-pyrrole nitrogens is 1. The molecule has 0 saturated heterocycles. The summed E-state index contributed by atoms with van der Waals surface area (Å²) >= 11 is 6.03. The molecule has 0 saturated carbocycles. The Morgan fingerprint density at radius 3 is 2.68 bits per heavy atom. The number of carbonyl (C=O) groups excluding carboxylic acids is 1. The lowest BCUT2D eigenvalue weighted by molar-refractivity contribution is -0.126. The SMILES string of the molecule is Cc1ccccc1[C@@H](C(=O)NCc1cc2cc(Cl)ccc2[nH]1)N(C)C. The average Bonchev–Trinajstić information content (AvgIpc) is 2.96. The third-order valence-corrected chi connectivity index (χ3v) is 4.57. The number of benzene rings is 2. The van der Waals surface area contributed by atoms with Gasteiger partial charge in [0.15, 0.2) is 0 Å². The first kappa shape index (κ1) is 17.5. The van der Waals surface area contributed by atoms with E-state index in [0.29, 0.717) is 11.6 Å². The van der Waals surface area contributed by atoms with Gasteiger partial charge in [0.2, 0.25) is 5.91 Å². The Hall–Kier alpha value is -2.30. The molecule has 130 valence electrons. The first-order chi connectivity index (χ1) is 12.0. The van der Waals surface area contributed by atoms with Crippen molar-refractivity contribution < 1.29 is 4.79 Å². The molecule has 5 heteroatoms. The van der Waals surface area contributed by atoms with Crippen LogP contribution in [-0.2, 0) is 11.3 Å². The van der Waals surface area contributed by atoms with Crippen LogP contribution in [0.1, 0.15) is 22.9 Å². The van der Waals surface area contributed by atoms with Crippen LogP contribution < -0.4 is 5.32 Å². The molecule has 0 radical (unpaired) electrons. The lowest BCUT2D eigenvalue weighted by atomic mass is 10.00. The van der Waals surface area contributed by atoms with Gasteiger partial charge >= 0.3 is 0 Å². The number of aromatic amines is 1. The van der Waals surface area contributed by atoms with E-state index in [-0.39, 0.29) is 11.9 Å². The molecule has 0 aliphatic carbocycles. The highest BCUT2D eigenvalue weighted by atomic mass is 35.5. The number of hydrogen-bond donors (Lipinski definition) is 2. The van der Waals surface area contributed by atoms with Gasteiger partial charge in [0.1, 0.15) is 6.04 Å². The van der Waals surface area contributed by atoms with Gasteiger partial charge < -0.3 is 10.3 Å². The monoisotopic (exact) mass is 355 g/mol. The van der Waals surface area contributed by atoms with Crippen LogP contribution in [0, 0.1) is 6.92 Å². The zero-order valence-corrected chi connectivity index (χ0v) is 15.4. The highest BCUT2D eigenvalue weighted by Crippen LogP contribution is 2.23. The van der Waals surface area contributed by atoms with Gasteiger partial charge in [-0.25, -0.2) is 0 Å². The number of hydrogen-bond acceptors (Lipinski definition) is 2. The molecular weight excluding hydrogens is 334 g/mol. The van der Waals surface area contributed by atoms with Gasteiger partial charge in [-0.1, -0.05) is 35.9 Å². The van der Waals surface area contributed by atoms with E-state index in [4.69, 9.17) is 11.6 Å². The van der Waals surface area contributed by atoms with E-state index in [1.165, 1.54) is 0 Å². The van der Waals surface area contributed by atoms with Crippen molar-refractivity contribution in [3.8, 4) is 0 Å². The fourth-order valence-corrected chi connectivity index (χ4v) is 3.27. The molecule has 0 aliphatic rings. The standard InChI is InChI=1S/C20H22ClN3O/c1-13-6-4-5-7-17(13)19(24(2)3)20(25)22-12-16-11-14-10-15(21)8-9-18(14)23-16/h4-11,19,23H,12H2,1-3H3,(H,22,25)/t19-/m0/s1. The third-order valence-electron chi connectivity index (χ3n) is 4.34. The van der Waals surface area contributed by atoms with Crippen LogP contribution in [0.2, 0.25) is 5.02 Å². The van der Waals surface area contributed by atoms with Crippen LogP contribution in [0.3, 0.4) is 0 Å². The van der Waals surface area contributed by atoms with Crippen molar-refractivity contribution in [1.29, 1.82) is 0 Å². The molecule has 3 aromatic rings. The van der Waals surface area contributed by atoms with Crippen molar-refractivity contribution in [2.24, 2.45) is 0 Å². The summed E-state index contributed by atoms with van der Waals surface area (Å²) < 4.78 is 0. The molecule has 0 bridgehead atoms. The topological polar surface area (TPSA) is 48.1 Å². The van der Waals surface area contributed by atoms with E-state index in [2.05, 4.69) is 10.3 Å². The minimum absolute atomic E-state index is 0.0176. The largest absolute Gasteiger partial charge is 0.357 e. The molecule has 0 spiro atoms. The Bertz CT molecular complexity index is 901. The summed E-state index contributed by atoms with van der Waals surface area (Å²) in [5.74, 6) is -0.0176. The number of aromatic nitrogens is 1. The lowest BCUT2D eigenvalue weighted by Gasteiger charge is -2.25. The van der Waals surface area contributed by atoms with Gasteiger partial charge in [0.25, 0.3) is 0 Å². The van der Waals surface area contributed by atoms with Crippen molar-refractivity contribution in [3.63, 3.8) is 0 Å². The maximum absolute atomic E-state index is 12.8. The van der Waals surface area contributed by atoms with Crippen LogP contribution in [0.4, 0.5) is 0 Å². The average molecular weight is 356 g/mol. The van der Waals surface area contributed by atoms with E-state index in [1.807, 2.05) is 74.4 Å². The third kappa shape index (κ3) is 3.86. The van der Waals surface area contributed by atoms with E-state index in [9.17, 15) is 4.79 Å². The summed E-state index contributed by atoms with van der Waals surface area (Å²) in [5, 5.41) is 4.78. The minimum Gasteiger partial charge on any atom is -0.357 e. The molecule has 0 aliphatic heterocycles. The number of aryl methyl sites for hydroxylation is 1. The predicted octanol–water partition coefficient (Wildman–Crippen LogP) is 4.05. The lowest BCUT2D eigenvalue weighted by Crippen LogP contribution is -2.37. The van der Waals surface area contributed by atoms with Gasteiger partial charge in [-0.05, 0) is 56.4 Å². The van der Waals surface area contributed by atoms with Crippen molar-refractivity contribution >= 4 is 28.4 Å². The van der Waals surface area contributed by atoms with E-state index >= 15 is 0 Å². The fourth-order valence-electron chi connectivity index (χ4n) is 3.09. The molecule has 1 atom stereocenters. The number of carbonyl (C=O) groups is 1. The Balaban J connectivity index is 1.76. The van der Waals surface area contributed by atoms with Crippen LogP contribution in [-0.4, -0.2) is 29.9 Å². The zero-order valence-electron chi connectivity index (χ0n) is 14.6. The van der Waals surface area contributed by atoms with Gasteiger partial charge in [-0.3, -0.25) is 9.69 Å². The number of fused-ring (bicyclic) bond motifs is 1. The number of amides is 1. The number of nitrogens with one attached hydrogen (secondary N) is 2. The number of rotatable bonds is 5. The smallest absolute Gasteiger partial charge is 0.242 e. The number of halogens is 1. The predicted molar refractivity (Wildman–Crippen MR) is 103 cm³/mol. The second-order valence-corrected chi connectivity index (χ2v) is 6.90. The first-order valence-corrected chi connectivity index (χ1v) is 8.60. The molecule has 0 fully saturated rings.